The summed E-state index contributed by atoms with van der Waals surface area (Å²) in [5.41, 5.74) is 0. The van der Waals surface area contributed by atoms with E-state index >= 15 is 0 Å². The largest absolute Gasteiger partial charge is 2.00 e. The first kappa shape index (κ1) is 20.2. The van der Waals surface area contributed by atoms with Crippen LogP contribution in [0.15, 0.2) is 0 Å². The molecule has 80 valence electrons. The Balaban J connectivity index is -0.000000209. The van der Waals surface area contributed by atoms with Crippen molar-refractivity contribution in [2.45, 2.75) is 0 Å². The van der Waals surface area contributed by atoms with Gasteiger partial charge in [-0.1, -0.05) is 0 Å². The molecule has 0 aromatic heterocycles. The molecule has 0 saturated heterocycles. The average molecular weight is 278 g/mol. The van der Waals surface area contributed by atoms with Gasteiger partial charge >= 0.3 is 53.4 Å². The normalized spacial score (nSPS) is 10.6. The third kappa shape index (κ3) is 38.6. The van der Waals surface area contributed by atoms with Gasteiger partial charge in [0.15, 0.2) is 0 Å². The number of hydrogen-bond acceptors (Lipinski definition) is 6. The van der Waals surface area contributed by atoms with Crippen molar-refractivity contribution in [3.05, 3.63) is 0 Å². The van der Waals surface area contributed by atoms with E-state index in [-0.39, 0.29) is 37.7 Å². The Bertz CT molecular complexity index is 223. The van der Waals surface area contributed by atoms with Gasteiger partial charge in [-0.2, -0.15) is 4.31 Å². The minimum absolute atomic E-state index is 0. The first-order valence-electron chi connectivity index (χ1n) is 2.14. The van der Waals surface area contributed by atoms with Crippen molar-refractivity contribution in [1.29, 1.82) is 0 Å². The average Bonchev–Trinajstić information content (AvgIpc) is 1.47. The van der Waals surface area contributed by atoms with Gasteiger partial charge in [0.05, 0.1) is 0 Å². The van der Waals surface area contributed by atoms with E-state index in [0.29, 0.717) is 0 Å². The fraction of sp³-hybridized carbons (Fsp3) is 0. The summed E-state index contributed by atoms with van der Waals surface area (Å²) in [6, 6.07) is 0. The smallest absolute Gasteiger partial charge is 0.652 e. The Morgan fingerprint density at radius 3 is 1.14 bits per heavy atom. The summed E-state index contributed by atoms with van der Waals surface area (Å²) < 4.78 is 22.2. The third-order valence-electron chi connectivity index (χ3n) is 0.213. The van der Waals surface area contributed by atoms with Gasteiger partial charge < -0.3 is 34.6 Å². The summed E-state index contributed by atoms with van der Waals surface area (Å²) in [6.45, 7) is 0. The van der Waals surface area contributed by atoms with Crippen LogP contribution in [-0.4, -0.2) is 63.5 Å². The van der Waals surface area contributed by atoms with Crippen LogP contribution in [0.2, 0.25) is 0 Å². The van der Waals surface area contributed by atoms with Gasteiger partial charge in [0.1, 0.15) is 0 Å². The Kier molecular flexibility index (Phi) is 11.6. The number of carboxylic acid groups (broad SMARTS) is 2. The Labute approximate surface area is 107 Å². The van der Waals surface area contributed by atoms with E-state index in [1.165, 1.54) is 0 Å². The molecule has 10 nitrogen and oxygen atoms in total. The molecule has 0 heterocycles. The third-order valence-corrected chi connectivity index (χ3v) is 1.91. The maximum absolute atomic E-state index is 9.63. The van der Waals surface area contributed by atoms with Crippen molar-refractivity contribution < 1.29 is 48.0 Å². The van der Waals surface area contributed by atoms with Gasteiger partial charge in [-0.3, -0.25) is 0 Å². The molecule has 0 rings (SSSR count). The first-order chi connectivity index (χ1) is 5.44. The summed E-state index contributed by atoms with van der Waals surface area (Å²) >= 11 is 0. The molecule has 0 bridgehead atoms. The predicted octanol–water partition coefficient (Wildman–Crippen LogP) is -3.64. The second-order valence-electron chi connectivity index (χ2n) is 1.31. The Morgan fingerprint density at radius 2 is 1.14 bits per heavy atom. The van der Waals surface area contributed by atoms with Gasteiger partial charge in [-0.15, -0.1) is 0 Å². The van der Waals surface area contributed by atoms with Crippen LogP contribution in [-0.2, 0) is 13.4 Å². The Morgan fingerprint density at radius 1 is 1.00 bits per heavy atom. The maximum Gasteiger partial charge on any atom is 2.00 e. The van der Waals surface area contributed by atoms with E-state index in [1.54, 1.807) is 0 Å². The van der Waals surface area contributed by atoms with Crippen molar-refractivity contribution in [2.75, 3.05) is 0 Å². The topological polar surface area (TPSA) is 187 Å². The monoisotopic (exact) mass is 278 g/mol. The standard InChI is InChI=1S/CH2O3.Ca.H4O7P2/c2-1(3)4;;1-8(2,3)7-9(4,5)6/h(H2,2,3,4);;(H2,1,2,3)(H2,4,5,6)/q;+2;/p-2. The van der Waals surface area contributed by atoms with Crippen LogP contribution in [0.1, 0.15) is 0 Å². The molecule has 0 fully saturated rings. The molecular weight excluding hydrogens is 274 g/mol. The zero-order valence-corrected chi connectivity index (χ0v) is 10.3. The zero-order valence-electron chi connectivity index (χ0n) is 6.34. The fourth-order valence-corrected chi connectivity index (χ4v) is 1.25. The minimum atomic E-state index is -5.05. The van der Waals surface area contributed by atoms with Gasteiger partial charge in [0, 0.05) is 0 Å². The molecule has 14 heavy (non-hydrogen) atoms. The number of hydrogen-bond donors (Lipinski definition) is 4. The molecule has 4 N–H and O–H groups in total. The van der Waals surface area contributed by atoms with Crippen LogP contribution in [0.25, 0.3) is 0 Å². The summed E-state index contributed by atoms with van der Waals surface area (Å²) in [6.07, 6.45) is -2.33. The SMILES string of the molecule is O=C([O-])[O-].O=P(O)(O)OP(=O)(O)O.[Ca+2]. The molecule has 0 amide bonds. The molecule has 0 aliphatic heterocycles. The van der Waals surface area contributed by atoms with E-state index in [2.05, 4.69) is 4.31 Å². The van der Waals surface area contributed by atoms with Crippen molar-refractivity contribution in [2.24, 2.45) is 0 Å². The van der Waals surface area contributed by atoms with Crippen LogP contribution >= 0.6 is 15.6 Å². The van der Waals surface area contributed by atoms with Crippen LogP contribution < -0.4 is 10.2 Å². The van der Waals surface area contributed by atoms with Crippen LogP contribution in [0.3, 0.4) is 0 Å². The second kappa shape index (κ2) is 8.00. The second-order valence-corrected chi connectivity index (χ2v) is 3.93. The first-order valence-corrected chi connectivity index (χ1v) is 5.20. The quantitative estimate of drug-likeness (QED) is 0.289. The van der Waals surface area contributed by atoms with Gasteiger partial charge in [-0.05, 0) is 6.16 Å². The van der Waals surface area contributed by atoms with Crippen molar-refractivity contribution >= 4 is 59.5 Å². The molecule has 0 unspecified atom stereocenters. The van der Waals surface area contributed by atoms with Crippen molar-refractivity contribution in [3.63, 3.8) is 0 Å². The van der Waals surface area contributed by atoms with E-state index in [1.807, 2.05) is 0 Å². The summed E-state index contributed by atoms with van der Waals surface area (Å²) in [7, 11) is -10.1. The van der Waals surface area contributed by atoms with Gasteiger partial charge in [0.25, 0.3) is 0 Å². The van der Waals surface area contributed by atoms with Crippen molar-refractivity contribution in [3.8, 4) is 0 Å². The number of carbonyl (C=O) groups is 1. The van der Waals surface area contributed by atoms with E-state index in [4.69, 9.17) is 34.6 Å². The summed E-state index contributed by atoms with van der Waals surface area (Å²) in [4.78, 5) is 39.3. The molecule has 13 heteroatoms. The zero-order chi connectivity index (χ0) is 11.3. The minimum Gasteiger partial charge on any atom is -0.652 e. The van der Waals surface area contributed by atoms with E-state index in [9.17, 15) is 9.13 Å². The molecule has 0 saturated carbocycles. The summed E-state index contributed by atoms with van der Waals surface area (Å²) in [5.74, 6) is 0. The Hall–Kier alpha value is 0.790. The molecule has 0 atom stereocenters. The summed E-state index contributed by atoms with van der Waals surface area (Å²) in [5, 5.41) is 16.7. The number of rotatable bonds is 2. The molecule has 0 aromatic carbocycles. The maximum atomic E-state index is 9.63. The number of phosphoric acid groups is 2. The van der Waals surface area contributed by atoms with Gasteiger partial charge in [-0.25, -0.2) is 9.13 Å². The van der Waals surface area contributed by atoms with Crippen LogP contribution in [0, 0.1) is 0 Å². The molecule has 0 radical (unpaired) electrons. The predicted molar refractivity (Wildman–Crippen MR) is 36.3 cm³/mol. The van der Waals surface area contributed by atoms with E-state index in [0.717, 1.165) is 0 Å². The number of carbonyl (C=O) groups excluding carboxylic acids is 1. The molecule has 0 spiro atoms. The van der Waals surface area contributed by atoms with Gasteiger partial charge in [0.2, 0.25) is 0 Å². The molecule has 0 aromatic rings. The van der Waals surface area contributed by atoms with E-state index < -0.39 is 21.8 Å². The molecule has 0 aliphatic carbocycles. The van der Waals surface area contributed by atoms with Crippen LogP contribution in [0.5, 0.6) is 0 Å². The van der Waals surface area contributed by atoms with Crippen LogP contribution in [0.4, 0.5) is 4.79 Å². The van der Waals surface area contributed by atoms with Crippen molar-refractivity contribution in [1.82, 2.24) is 0 Å². The fourth-order valence-electron chi connectivity index (χ4n) is 0.139. The molecular formula is CH4CaO10P2. The molecule has 0 aliphatic rings.